The summed E-state index contributed by atoms with van der Waals surface area (Å²) in [6, 6.07) is 3.56. The molecule has 2 aromatic heterocycles. The number of pyridine rings is 1. The molecule has 7 heteroatoms. The Morgan fingerprint density at radius 1 is 1.08 bits per heavy atom. The van der Waals surface area contributed by atoms with Crippen LogP contribution in [0.15, 0.2) is 30.7 Å². The van der Waals surface area contributed by atoms with E-state index in [1.165, 1.54) is 0 Å². The van der Waals surface area contributed by atoms with E-state index < -0.39 is 0 Å². The third-order valence-electron chi connectivity index (χ3n) is 5.43. The Bertz CT molecular complexity index is 832. The summed E-state index contributed by atoms with van der Waals surface area (Å²) in [6.07, 6.45) is 7.06. The molecular weight excluding hydrogens is 330 g/mol. The summed E-state index contributed by atoms with van der Waals surface area (Å²) in [5.41, 5.74) is 2.07. The second-order valence-electron chi connectivity index (χ2n) is 7.30. The second-order valence-corrected chi connectivity index (χ2v) is 7.30. The van der Waals surface area contributed by atoms with Crippen molar-refractivity contribution in [1.82, 2.24) is 24.6 Å². The number of amides is 2. The van der Waals surface area contributed by atoms with Gasteiger partial charge in [0.25, 0.3) is 11.8 Å². The predicted molar refractivity (Wildman–Crippen MR) is 95.6 cm³/mol. The molecule has 5 rings (SSSR count). The van der Waals surface area contributed by atoms with Crippen molar-refractivity contribution >= 4 is 11.8 Å². The number of nitrogens with zero attached hydrogens (tertiary/aromatic N) is 5. The van der Waals surface area contributed by atoms with Crippen LogP contribution >= 0.6 is 0 Å². The number of fused-ring (bicyclic) bond motifs is 4. The summed E-state index contributed by atoms with van der Waals surface area (Å²) in [5, 5.41) is 4.29. The van der Waals surface area contributed by atoms with Gasteiger partial charge in [0.2, 0.25) is 0 Å². The number of aryl methyl sites for hydroxylation is 2. The van der Waals surface area contributed by atoms with E-state index in [0.29, 0.717) is 36.7 Å². The third-order valence-corrected chi connectivity index (χ3v) is 5.43. The summed E-state index contributed by atoms with van der Waals surface area (Å²) in [7, 11) is 1.83. The van der Waals surface area contributed by atoms with Gasteiger partial charge in [-0.05, 0) is 37.8 Å². The van der Waals surface area contributed by atoms with Crippen LogP contribution in [-0.4, -0.2) is 62.1 Å². The van der Waals surface area contributed by atoms with Gasteiger partial charge >= 0.3 is 0 Å². The SMILES string of the molecule is Cc1nn(C)cc1C(=O)N1C[C@H]2CC[C@@H]1CN(C(=O)c1ccncc1)C2. The van der Waals surface area contributed by atoms with Crippen molar-refractivity contribution in [3.63, 3.8) is 0 Å². The summed E-state index contributed by atoms with van der Waals surface area (Å²) < 4.78 is 1.68. The molecule has 26 heavy (non-hydrogen) atoms. The number of aromatic nitrogens is 3. The highest BCUT2D eigenvalue weighted by atomic mass is 16.2. The van der Waals surface area contributed by atoms with Gasteiger partial charge in [0, 0.05) is 56.9 Å². The molecule has 0 aromatic carbocycles. The van der Waals surface area contributed by atoms with Crippen molar-refractivity contribution in [3.8, 4) is 0 Å². The first-order valence-corrected chi connectivity index (χ1v) is 9.03. The Balaban J connectivity index is 1.56. The molecule has 3 aliphatic heterocycles. The minimum absolute atomic E-state index is 0.0242. The van der Waals surface area contributed by atoms with Gasteiger partial charge in [0.05, 0.1) is 11.3 Å². The molecule has 2 amide bonds. The van der Waals surface area contributed by atoms with Crippen molar-refractivity contribution in [2.75, 3.05) is 19.6 Å². The van der Waals surface area contributed by atoms with Gasteiger partial charge in [-0.15, -0.1) is 0 Å². The van der Waals surface area contributed by atoms with E-state index in [0.717, 1.165) is 18.5 Å². The minimum atomic E-state index is 0.0242. The maximum Gasteiger partial charge on any atom is 0.257 e. The molecule has 3 saturated heterocycles. The number of carbonyl (C=O) groups excluding carboxylic acids is 2. The second kappa shape index (κ2) is 6.55. The Morgan fingerprint density at radius 2 is 1.85 bits per heavy atom. The fourth-order valence-electron chi connectivity index (χ4n) is 4.14. The van der Waals surface area contributed by atoms with E-state index in [4.69, 9.17) is 0 Å². The van der Waals surface area contributed by atoms with E-state index >= 15 is 0 Å². The molecule has 0 saturated carbocycles. The van der Waals surface area contributed by atoms with Crippen molar-refractivity contribution in [1.29, 1.82) is 0 Å². The average molecular weight is 353 g/mol. The highest BCUT2D eigenvalue weighted by Gasteiger charge is 2.39. The lowest BCUT2D eigenvalue weighted by molar-refractivity contribution is 0.0573. The van der Waals surface area contributed by atoms with Gasteiger partial charge in [0.15, 0.2) is 0 Å². The Labute approximate surface area is 152 Å². The lowest BCUT2D eigenvalue weighted by Crippen LogP contribution is -2.47. The first-order chi connectivity index (χ1) is 12.5. The number of rotatable bonds is 2. The molecule has 0 aliphatic carbocycles. The molecule has 3 aliphatic rings. The number of hydrogen-bond acceptors (Lipinski definition) is 4. The Kier molecular flexibility index (Phi) is 4.22. The lowest BCUT2D eigenvalue weighted by Gasteiger charge is -2.36. The van der Waals surface area contributed by atoms with E-state index in [9.17, 15) is 9.59 Å². The van der Waals surface area contributed by atoms with E-state index in [1.54, 1.807) is 35.4 Å². The monoisotopic (exact) mass is 353 g/mol. The van der Waals surface area contributed by atoms with Crippen LogP contribution in [-0.2, 0) is 7.05 Å². The van der Waals surface area contributed by atoms with Crippen LogP contribution in [0.5, 0.6) is 0 Å². The summed E-state index contributed by atoms with van der Waals surface area (Å²) >= 11 is 0. The smallest absolute Gasteiger partial charge is 0.257 e. The maximum absolute atomic E-state index is 13.1. The van der Waals surface area contributed by atoms with Gasteiger partial charge in [-0.2, -0.15) is 5.10 Å². The van der Waals surface area contributed by atoms with Crippen LogP contribution < -0.4 is 0 Å². The number of carbonyl (C=O) groups is 2. The summed E-state index contributed by atoms with van der Waals surface area (Å²) in [6.45, 7) is 3.86. The summed E-state index contributed by atoms with van der Waals surface area (Å²) in [5.74, 6) is 0.375. The van der Waals surface area contributed by atoms with E-state index in [2.05, 4.69) is 10.1 Å². The van der Waals surface area contributed by atoms with Crippen LogP contribution in [0, 0.1) is 12.8 Å². The lowest BCUT2D eigenvalue weighted by atomic mass is 9.94. The zero-order valence-corrected chi connectivity index (χ0v) is 15.1. The Hall–Kier alpha value is -2.70. The molecule has 2 bridgehead atoms. The van der Waals surface area contributed by atoms with Gasteiger partial charge in [-0.3, -0.25) is 19.3 Å². The molecule has 2 aromatic rings. The number of hydrogen-bond donors (Lipinski definition) is 0. The average Bonchev–Trinajstić information content (AvgIpc) is 2.82. The predicted octanol–water partition coefficient (Wildman–Crippen LogP) is 1.50. The molecule has 3 fully saturated rings. The molecule has 7 nitrogen and oxygen atoms in total. The van der Waals surface area contributed by atoms with Gasteiger partial charge in [-0.1, -0.05) is 0 Å². The molecule has 5 heterocycles. The van der Waals surface area contributed by atoms with Gasteiger partial charge in [0.1, 0.15) is 0 Å². The largest absolute Gasteiger partial charge is 0.336 e. The van der Waals surface area contributed by atoms with Crippen LogP contribution in [0.3, 0.4) is 0 Å². The zero-order valence-electron chi connectivity index (χ0n) is 15.1. The minimum Gasteiger partial charge on any atom is -0.336 e. The standard InChI is InChI=1S/C19H23N5O2/c1-13-17(12-22(2)21-13)19(26)24-10-14-3-4-16(24)11-23(9-14)18(25)15-5-7-20-8-6-15/h5-8,12,14,16H,3-4,9-11H2,1-2H3/t14-,16+/m0/s1. The van der Waals surface area contributed by atoms with E-state index in [1.807, 2.05) is 23.8 Å². The first-order valence-electron chi connectivity index (χ1n) is 9.03. The normalized spacial score (nSPS) is 22.4. The summed E-state index contributed by atoms with van der Waals surface area (Å²) in [4.78, 5) is 33.8. The third kappa shape index (κ3) is 2.98. The number of piperidine rings is 1. The van der Waals surface area contributed by atoms with Crippen molar-refractivity contribution < 1.29 is 9.59 Å². The van der Waals surface area contributed by atoms with Gasteiger partial charge in [-0.25, -0.2) is 0 Å². The first kappa shape index (κ1) is 16.8. The van der Waals surface area contributed by atoms with Crippen molar-refractivity contribution in [3.05, 3.63) is 47.5 Å². The van der Waals surface area contributed by atoms with Crippen molar-refractivity contribution in [2.24, 2.45) is 13.0 Å². The molecule has 0 spiro atoms. The Morgan fingerprint density at radius 3 is 2.54 bits per heavy atom. The fraction of sp³-hybridized carbons (Fsp3) is 0.474. The van der Waals surface area contributed by atoms with Crippen molar-refractivity contribution in [2.45, 2.75) is 25.8 Å². The topological polar surface area (TPSA) is 71.3 Å². The van der Waals surface area contributed by atoms with Crippen LogP contribution in [0.2, 0.25) is 0 Å². The molecule has 2 atom stereocenters. The molecule has 0 N–H and O–H groups in total. The van der Waals surface area contributed by atoms with Crippen LogP contribution in [0.4, 0.5) is 0 Å². The van der Waals surface area contributed by atoms with Crippen LogP contribution in [0.25, 0.3) is 0 Å². The maximum atomic E-state index is 13.1. The van der Waals surface area contributed by atoms with Gasteiger partial charge < -0.3 is 9.80 Å². The van der Waals surface area contributed by atoms with Crippen LogP contribution in [0.1, 0.15) is 39.3 Å². The van der Waals surface area contributed by atoms with E-state index in [-0.39, 0.29) is 17.9 Å². The zero-order chi connectivity index (χ0) is 18.3. The quantitative estimate of drug-likeness (QED) is 0.820. The molecule has 136 valence electrons. The fourth-order valence-corrected chi connectivity index (χ4v) is 4.14. The highest BCUT2D eigenvalue weighted by Crippen LogP contribution is 2.30. The molecule has 0 radical (unpaired) electrons. The highest BCUT2D eigenvalue weighted by molar-refractivity contribution is 5.96. The molecule has 0 unspecified atom stereocenters. The molecular formula is C19H23N5O2.